The summed E-state index contributed by atoms with van der Waals surface area (Å²) in [7, 11) is 0. The topological polar surface area (TPSA) is 59.8 Å². The Morgan fingerprint density at radius 2 is 2.13 bits per heavy atom. The maximum Gasteiger partial charge on any atom is 0.220 e. The van der Waals surface area contributed by atoms with Gasteiger partial charge in [0.25, 0.3) is 0 Å². The van der Waals surface area contributed by atoms with Gasteiger partial charge in [-0.25, -0.2) is 0 Å². The van der Waals surface area contributed by atoms with Crippen molar-refractivity contribution in [3.8, 4) is 0 Å². The second-order valence-electron chi connectivity index (χ2n) is 6.33. The van der Waals surface area contributed by atoms with E-state index >= 15 is 0 Å². The van der Waals surface area contributed by atoms with Gasteiger partial charge in [-0.2, -0.15) is 5.10 Å². The van der Waals surface area contributed by atoms with Gasteiger partial charge >= 0.3 is 0 Å². The summed E-state index contributed by atoms with van der Waals surface area (Å²) >= 11 is 0. The van der Waals surface area contributed by atoms with Gasteiger partial charge in [0.05, 0.1) is 11.7 Å². The molecule has 2 aromatic rings. The predicted molar refractivity (Wildman–Crippen MR) is 90.9 cm³/mol. The first kappa shape index (κ1) is 17.2. The lowest BCUT2D eigenvalue weighted by atomic mass is 9.97. The summed E-state index contributed by atoms with van der Waals surface area (Å²) in [5, 5.41) is 7.55. The quantitative estimate of drug-likeness (QED) is 0.854. The van der Waals surface area contributed by atoms with Gasteiger partial charge in [0.1, 0.15) is 0 Å². The monoisotopic (exact) mass is 314 g/mol. The van der Waals surface area contributed by atoms with Gasteiger partial charge in [0.15, 0.2) is 0 Å². The molecule has 1 atom stereocenters. The number of aryl methyl sites for hydroxylation is 3. The molecule has 2 rings (SSSR count). The summed E-state index contributed by atoms with van der Waals surface area (Å²) in [5.41, 5.74) is 3.20. The van der Waals surface area contributed by atoms with E-state index in [0.29, 0.717) is 12.3 Å². The highest BCUT2D eigenvalue weighted by atomic mass is 16.1. The van der Waals surface area contributed by atoms with E-state index < -0.39 is 0 Å². The zero-order valence-corrected chi connectivity index (χ0v) is 14.4. The molecule has 5 heteroatoms. The molecule has 0 fully saturated rings. The van der Waals surface area contributed by atoms with Crippen LogP contribution in [0, 0.1) is 19.8 Å². The number of hydrogen-bond acceptors (Lipinski definition) is 3. The van der Waals surface area contributed by atoms with Crippen molar-refractivity contribution in [2.45, 2.75) is 53.1 Å². The summed E-state index contributed by atoms with van der Waals surface area (Å²) in [5.74, 6) is 0.397. The van der Waals surface area contributed by atoms with Gasteiger partial charge < -0.3 is 5.32 Å². The van der Waals surface area contributed by atoms with Gasteiger partial charge in [0.2, 0.25) is 5.91 Å². The molecule has 0 unspecified atom stereocenters. The third-order valence-electron chi connectivity index (χ3n) is 3.90. The van der Waals surface area contributed by atoms with Crippen molar-refractivity contribution < 1.29 is 4.79 Å². The fourth-order valence-corrected chi connectivity index (χ4v) is 2.73. The first-order valence-electron chi connectivity index (χ1n) is 8.17. The lowest BCUT2D eigenvalue weighted by Gasteiger charge is -2.22. The largest absolute Gasteiger partial charge is 0.349 e. The molecule has 0 spiro atoms. The third kappa shape index (κ3) is 4.91. The van der Waals surface area contributed by atoms with Crippen LogP contribution in [0.25, 0.3) is 0 Å². The van der Waals surface area contributed by atoms with E-state index in [0.717, 1.165) is 29.9 Å². The Hall–Kier alpha value is -2.17. The second kappa shape index (κ2) is 7.90. The Bertz CT molecular complexity index is 634. The van der Waals surface area contributed by atoms with Crippen LogP contribution in [-0.2, 0) is 11.3 Å². The first-order chi connectivity index (χ1) is 11.0. The summed E-state index contributed by atoms with van der Waals surface area (Å²) in [6.07, 6.45) is 4.85. The lowest BCUT2D eigenvalue weighted by molar-refractivity contribution is -0.122. The minimum absolute atomic E-state index is 0.00452. The molecule has 23 heavy (non-hydrogen) atoms. The number of carbonyl (C=O) groups is 1. The highest BCUT2D eigenvalue weighted by Gasteiger charge is 2.18. The standard InChI is InChI=1S/C18H26N4O/c1-13(2)18(16-7-5-9-19-12-16)20-17(23)8-6-10-22-15(4)11-14(3)21-22/h5,7,9,11-13,18H,6,8,10H2,1-4H3,(H,20,23)/t18-/m0/s1. The van der Waals surface area contributed by atoms with Crippen LogP contribution in [0.3, 0.4) is 0 Å². The minimum atomic E-state index is 0.00452. The summed E-state index contributed by atoms with van der Waals surface area (Å²) < 4.78 is 1.96. The summed E-state index contributed by atoms with van der Waals surface area (Å²) in [6.45, 7) is 9.00. The smallest absolute Gasteiger partial charge is 0.220 e. The normalized spacial score (nSPS) is 12.4. The van der Waals surface area contributed by atoms with Crippen molar-refractivity contribution >= 4 is 5.91 Å². The van der Waals surface area contributed by atoms with Gasteiger partial charge in [-0.3, -0.25) is 14.5 Å². The van der Waals surface area contributed by atoms with Crippen LogP contribution >= 0.6 is 0 Å². The molecule has 0 saturated heterocycles. The maximum atomic E-state index is 12.3. The van der Waals surface area contributed by atoms with E-state index in [2.05, 4.69) is 35.3 Å². The molecule has 0 aliphatic heterocycles. The number of nitrogens with zero attached hydrogens (tertiary/aromatic N) is 3. The van der Waals surface area contributed by atoms with Crippen LogP contribution in [0.15, 0.2) is 30.6 Å². The molecule has 2 aromatic heterocycles. The molecular weight excluding hydrogens is 288 g/mol. The Kier molecular flexibility index (Phi) is 5.90. The fraction of sp³-hybridized carbons (Fsp3) is 0.500. The molecule has 2 heterocycles. The SMILES string of the molecule is Cc1cc(C)n(CCCC(=O)N[C@H](c2cccnc2)C(C)C)n1. The maximum absolute atomic E-state index is 12.3. The van der Waals surface area contributed by atoms with E-state index in [1.807, 2.05) is 36.9 Å². The van der Waals surface area contributed by atoms with Crippen molar-refractivity contribution in [3.63, 3.8) is 0 Å². The number of carbonyl (C=O) groups excluding carboxylic acids is 1. The van der Waals surface area contributed by atoms with Crippen molar-refractivity contribution in [3.05, 3.63) is 47.5 Å². The molecule has 0 aliphatic rings. The lowest BCUT2D eigenvalue weighted by Crippen LogP contribution is -2.31. The number of pyridine rings is 1. The molecule has 124 valence electrons. The van der Waals surface area contributed by atoms with E-state index in [9.17, 15) is 4.79 Å². The van der Waals surface area contributed by atoms with Crippen LogP contribution in [0.4, 0.5) is 0 Å². The average Bonchev–Trinajstić information content (AvgIpc) is 2.83. The van der Waals surface area contributed by atoms with Crippen molar-refractivity contribution in [2.24, 2.45) is 5.92 Å². The van der Waals surface area contributed by atoms with Crippen LogP contribution in [0.2, 0.25) is 0 Å². The predicted octanol–water partition coefficient (Wildman–Crippen LogP) is 3.19. The van der Waals surface area contributed by atoms with Crippen molar-refractivity contribution in [1.29, 1.82) is 0 Å². The van der Waals surface area contributed by atoms with Crippen LogP contribution in [0.5, 0.6) is 0 Å². The van der Waals surface area contributed by atoms with Gasteiger partial charge in [-0.15, -0.1) is 0 Å². The second-order valence-corrected chi connectivity index (χ2v) is 6.33. The van der Waals surface area contributed by atoms with Crippen LogP contribution in [-0.4, -0.2) is 20.7 Å². The van der Waals surface area contributed by atoms with Crippen LogP contribution in [0.1, 0.15) is 49.7 Å². The van der Waals surface area contributed by atoms with E-state index in [4.69, 9.17) is 0 Å². The number of aromatic nitrogens is 3. The zero-order chi connectivity index (χ0) is 16.8. The van der Waals surface area contributed by atoms with E-state index in [-0.39, 0.29) is 11.9 Å². The number of rotatable bonds is 7. The molecule has 0 radical (unpaired) electrons. The molecule has 1 N–H and O–H groups in total. The Morgan fingerprint density at radius 1 is 1.35 bits per heavy atom. The van der Waals surface area contributed by atoms with Gasteiger partial charge in [-0.1, -0.05) is 19.9 Å². The first-order valence-corrected chi connectivity index (χ1v) is 8.17. The van der Waals surface area contributed by atoms with Crippen LogP contribution < -0.4 is 5.32 Å². The molecule has 0 aliphatic carbocycles. The van der Waals surface area contributed by atoms with Gasteiger partial charge in [0, 0.05) is 31.1 Å². The minimum Gasteiger partial charge on any atom is -0.349 e. The molecule has 1 amide bonds. The number of amides is 1. The number of nitrogens with one attached hydrogen (secondary N) is 1. The van der Waals surface area contributed by atoms with E-state index in [1.54, 1.807) is 6.20 Å². The van der Waals surface area contributed by atoms with Crippen molar-refractivity contribution in [1.82, 2.24) is 20.1 Å². The molecule has 5 nitrogen and oxygen atoms in total. The molecular formula is C18H26N4O. The Balaban J connectivity index is 1.86. The number of hydrogen-bond donors (Lipinski definition) is 1. The molecule has 0 saturated carbocycles. The third-order valence-corrected chi connectivity index (χ3v) is 3.90. The van der Waals surface area contributed by atoms with Crippen molar-refractivity contribution in [2.75, 3.05) is 0 Å². The highest BCUT2D eigenvalue weighted by molar-refractivity contribution is 5.76. The van der Waals surface area contributed by atoms with Gasteiger partial charge in [-0.05, 0) is 43.9 Å². The van der Waals surface area contributed by atoms with E-state index in [1.165, 1.54) is 0 Å². The Morgan fingerprint density at radius 3 is 2.70 bits per heavy atom. The zero-order valence-electron chi connectivity index (χ0n) is 14.4. The Labute approximate surface area is 138 Å². The fourth-order valence-electron chi connectivity index (χ4n) is 2.73. The summed E-state index contributed by atoms with van der Waals surface area (Å²) in [6, 6.07) is 5.97. The average molecular weight is 314 g/mol. The highest BCUT2D eigenvalue weighted by Crippen LogP contribution is 2.20. The summed E-state index contributed by atoms with van der Waals surface area (Å²) in [4.78, 5) is 16.4. The molecule has 0 bridgehead atoms. The molecule has 0 aromatic carbocycles.